The van der Waals surface area contributed by atoms with E-state index >= 15 is 0 Å². The number of hydrogen-bond acceptors (Lipinski definition) is 5. The summed E-state index contributed by atoms with van der Waals surface area (Å²) in [4.78, 5) is 48.0. The molecule has 8 heteroatoms. The second kappa shape index (κ2) is 8.98. The van der Waals surface area contributed by atoms with E-state index < -0.39 is 29.2 Å². The largest absolute Gasteiger partial charge is 0.463 e. The third kappa shape index (κ3) is 5.67. The minimum atomic E-state index is -0.590. The van der Waals surface area contributed by atoms with Crippen LogP contribution in [0.4, 0.5) is 0 Å². The average Bonchev–Trinajstić information content (AvgIpc) is 2.62. The van der Waals surface area contributed by atoms with Crippen LogP contribution in [0, 0.1) is 0 Å². The lowest BCUT2D eigenvalue weighted by Crippen LogP contribution is -2.41. The Morgan fingerprint density at radius 2 is 1.78 bits per heavy atom. The molecule has 0 aliphatic heterocycles. The summed E-state index contributed by atoms with van der Waals surface area (Å²) in [6.07, 6.45) is 0.985. The van der Waals surface area contributed by atoms with Crippen LogP contribution >= 0.6 is 0 Å². The van der Waals surface area contributed by atoms with Crippen LogP contribution in [0.15, 0.2) is 52.2 Å². The predicted molar refractivity (Wildman–Crippen MR) is 99.1 cm³/mol. The van der Waals surface area contributed by atoms with E-state index in [4.69, 9.17) is 4.74 Å². The van der Waals surface area contributed by atoms with Gasteiger partial charge in [-0.25, -0.2) is 4.79 Å². The summed E-state index contributed by atoms with van der Waals surface area (Å²) in [5.41, 5.74) is -0.289. The highest BCUT2D eigenvalue weighted by Crippen LogP contribution is 2.17. The van der Waals surface area contributed by atoms with E-state index in [0.29, 0.717) is 0 Å². The number of hydrogen-bond donors (Lipinski definition) is 1. The van der Waals surface area contributed by atoms with Crippen molar-refractivity contribution in [3.8, 4) is 0 Å². The van der Waals surface area contributed by atoms with Crippen molar-refractivity contribution in [1.29, 1.82) is 0 Å². The van der Waals surface area contributed by atoms with Gasteiger partial charge in [-0.1, -0.05) is 30.3 Å². The van der Waals surface area contributed by atoms with Crippen molar-refractivity contribution < 1.29 is 14.3 Å². The van der Waals surface area contributed by atoms with Crippen LogP contribution in [0.25, 0.3) is 0 Å². The molecule has 1 atom stereocenters. The lowest BCUT2D eigenvalue weighted by atomic mass is 10.0. The zero-order valence-electron chi connectivity index (χ0n) is 15.5. The molecule has 0 bridgehead atoms. The summed E-state index contributed by atoms with van der Waals surface area (Å²) in [6, 6.07) is 9.66. The SMILES string of the molecule is CC(C)OC(=O)CC(NC(=O)Cn1ccc(=O)n(C)c1=O)c1ccccc1. The summed E-state index contributed by atoms with van der Waals surface area (Å²) in [5, 5.41) is 2.76. The molecule has 0 aliphatic carbocycles. The number of rotatable bonds is 7. The van der Waals surface area contributed by atoms with Crippen molar-refractivity contribution in [3.05, 3.63) is 69.0 Å². The Morgan fingerprint density at radius 1 is 1.11 bits per heavy atom. The number of nitrogens with one attached hydrogen (secondary N) is 1. The summed E-state index contributed by atoms with van der Waals surface area (Å²) in [7, 11) is 1.34. The molecular formula is C19H23N3O5. The quantitative estimate of drug-likeness (QED) is 0.722. The predicted octanol–water partition coefficient (Wildman–Crippen LogP) is 0.746. The molecule has 1 N–H and O–H groups in total. The zero-order chi connectivity index (χ0) is 20.0. The van der Waals surface area contributed by atoms with E-state index in [1.165, 1.54) is 19.3 Å². The van der Waals surface area contributed by atoms with Gasteiger partial charge < -0.3 is 10.1 Å². The molecule has 0 radical (unpaired) electrons. The molecule has 2 rings (SSSR count). The number of esters is 1. The summed E-state index contributed by atoms with van der Waals surface area (Å²) >= 11 is 0. The Kier molecular flexibility index (Phi) is 6.70. The van der Waals surface area contributed by atoms with Gasteiger partial charge in [0, 0.05) is 19.3 Å². The molecule has 27 heavy (non-hydrogen) atoms. The summed E-state index contributed by atoms with van der Waals surface area (Å²) in [5.74, 6) is -0.889. The highest BCUT2D eigenvalue weighted by molar-refractivity contribution is 5.78. The zero-order valence-corrected chi connectivity index (χ0v) is 15.5. The average molecular weight is 373 g/mol. The molecule has 0 saturated carbocycles. The van der Waals surface area contributed by atoms with E-state index in [0.717, 1.165) is 14.7 Å². The molecule has 0 spiro atoms. The fourth-order valence-electron chi connectivity index (χ4n) is 2.55. The number of carbonyl (C=O) groups is 2. The molecule has 1 amide bonds. The van der Waals surface area contributed by atoms with Crippen molar-refractivity contribution in [1.82, 2.24) is 14.5 Å². The van der Waals surface area contributed by atoms with Crippen LogP contribution in [0.1, 0.15) is 31.9 Å². The van der Waals surface area contributed by atoms with Crippen molar-refractivity contribution >= 4 is 11.9 Å². The Labute approximate surface area is 156 Å². The molecule has 0 saturated heterocycles. The number of aromatic nitrogens is 2. The highest BCUT2D eigenvalue weighted by atomic mass is 16.5. The fraction of sp³-hybridized carbons (Fsp3) is 0.368. The maximum atomic E-state index is 12.4. The van der Waals surface area contributed by atoms with Gasteiger partial charge in [0.1, 0.15) is 6.54 Å². The Bertz CT molecular complexity index is 915. The summed E-state index contributed by atoms with van der Waals surface area (Å²) in [6.45, 7) is 3.23. The fourth-order valence-corrected chi connectivity index (χ4v) is 2.55. The molecule has 1 unspecified atom stereocenters. The van der Waals surface area contributed by atoms with Crippen molar-refractivity contribution in [3.63, 3.8) is 0 Å². The standard InChI is InChI=1S/C19H23N3O5/c1-13(2)27-18(25)11-15(14-7-5-4-6-8-14)20-16(23)12-22-10-9-17(24)21(3)19(22)26/h4-10,13,15H,11-12H2,1-3H3,(H,20,23). The molecule has 144 valence electrons. The first-order chi connectivity index (χ1) is 12.8. The van der Waals surface area contributed by atoms with Gasteiger partial charge in [-0.05, 0) is 19.4 Å². The van der Waals surface area contributed by atoms with E-state index in [-0.39, 0.29) is 19.1 Å². The third-order valence-corrected chi connectivity index (χ3v) is 3.85. The van der Waals surface area contributed by atoms with Crippen molar-refractivity contribution in [2.45, 2.75) is 39.0 Å². The highest BCUT2D eigenvalue weighted by Gasteiger charge is 2.20. The van der Waals surface area contributed by atoms with Crippen molar-refractivity contribution in [2.24, 2.45) is 7.05 Å². The van der Waals surface area contributed by atoms with Gasteiger partial charge >= 0.3 is 11.7 Å². The third-order valence-electron chi connectivity index (χ3n) is 3.85. The van der Waals surface area contributed by atoms with Gasteiger partial charge in [0.2, 0.25) is 5.91 Å². The minimum Gasteiger partial charge on any atom is -0.463 e. The molecule has 1 heterocycles. The van der Waals surface area contributed by atoms with Crippen LogP contribution < -0.4 is 16.6 Å². The monoisotopic (exact) mass is 373 g/mol. The van der Waals surface area contributed by atoms with Crippen LogP contribution in [0.2, 0.25) is 0 Å². The maximum absolute atomic E-state index is 12.4. The van der Waals surface area contributed by atoms with Crippen LogP contribution in [-0.4, -0.2) is 27.1 Å². The van der Waals surface area contributed by atoms with Gasteiger partial charge in [-0.15, -0.1) is 0 Å². The number of carbonyl (C=O) groups excluding carboxylic acids is 2. The van der Waals surface area contributed by atoms with E-state index in [9.17, 15) is 19.2 Å². The van der Waals surface area contributed by atoms with Gasteiger partial charge in [0.25, 0.3) is 5.56 Å². The molecule has 1 aromatic heterocycles. The Balaban J connectivity index is 2.16. The van der Waals surface area contributed by atoms with Crippen molar-refractivity contribution in [2.75, 3.05) is 0 Å². The van der Waals surface area contributed by atoms with Crippen LogP contribution in [0.5, 0.6) is 0 Å². The molecule has 2 aromatic rings. The first-order valence-electron chi connectivity index (χ1n) is 8.58. The van der Waals surface area contributed by atoms with E-state index in [1.807, 2.05) is 6.07 Å². The lowest BCUT2D eigenvalue weighted by Gasteiger charge is -2.20. The first-order valence-corrected chi connectivity index (χ1v) is 8.58. The molecule has 0 aliphatic rings. The normalized spacial score (nSPS) is 11.9. The lowest BCUT2D eigenvalue weighted by molar-refractivity contribution is -0.148. The maximum Gasteiger partial charge on any atom is 0.331 e. The van der Waals surface area contributed by atoms with Gasteiger partial charge in [-0.3, -0.25) is 23.5 Å². The number of nitrogens with zero attached hydrogens (tertiary/aromatic N) is 2. The number of benzene rings is 1. The summed E-state index contributed by atoms with van der Waals surface area (Å²) < 4.78 is 7.22. The Hall–Kier alpha value is -3.16. The van der Waals surface area contributed by atoms with Gasteiger partial charge in [0.15, 0.2) is 0 Å². The van der Waals surface area contributed by atoms with Crippen LogP contribution in [-0.2, 0) is 27.9 Å². The second-order valence-electron chi connectivity index (χ2n) is 6.40. The minimum absolute atomic E-state index is 0.0316. The topological polar surface area (TPSA) is 99.4 Å². The number of ether oxygens (including phenoxy) is 1. The molecule has 1 aromatic carbocycles. The van der Waals surface area contributed by atoms with Gasteiger partial charge in [-0.2, -0.15) is 0 Å². The van der Waals surface area contributed by atoms with E-state index in [2.05, 4.69) is 5.32 Å². The molecule has 0 fully saturated rings. The Morgan fingerprint density at radius 3 is 2.41 bits per heavy atom. The number of amides is 1. The second-order valence-corrected chi connectivity index (χ2v) is 6.40. The van der Waals surface area contributed by atoms with Crippen LogP contribution in [0.3, 0.4) is 0 Å². The smallest absolute Gasteiger partial charge is 0.331 e. The molecular weight excluding hydrogens is 350 g/mol. The first kappa shape index (κ1) is 20.2. The van der Waals surface area contributed by atoms with E-state index in [1.54, 1.807) is 38.1 Å². The molecule has 8 nitrogen and oxygen atoms in total. The van der Waals surface area contributed by atoms with Gasteiger partial charge in [0.05, 0.1) is 18.6 Å².